The lowest BCUT2D eigenvalue weighted by Gasteiger charge is -2.25. The number of rotatable bonds is 7. The minimum Gasteiger partial charge on any atom is -0.507 e. The van der Waals surface area contributed by atoms with Gasteiger partial charge in [0.25, 0.3) is 17.4 Å². The van der Waals surface area contributed by atoms with Gasteiger partial charge in [-0.1, -0.05) is 42.5 Å². The van der Waals surface area contributed by atoms with Crippen molar-refractivity contribution < 1.29 is 19.6 Å². The van der Waals surface area contributed by atoms with Gasteiger partial charge in [0.1, 0.15) is 5.76 Å². The van der Waals surface area contributed by atoms with Crippen LogP contribution in [-0.4, -0.2) is 42.7 Å². The van der Waals surface area contributed by atoms with Crippen molar-refractivity contribution in [2.24, 2.45) is 0 Å². The van der Waals surface area contributed by atoms with Gasteiger partial charge in [0.2, 0.25) is 0 Å². The molecule has 0 bridgehead atoms. The first-order chi connectivity index (χ1) is 15.5. The van der Waals surface area contributed by atoms with Crippen molar-refractivity contribution in [1.82, 2.24) is 14.5 Å². The summed E-state index contributed by atoms with van der Waals surface area (Å²) in [6.07, 6.45) is 5.62. The zero-order chi connectivity index (χ0) is 22.7. The van der Waals surface area contributed by atoms with Crippen molar-refractivity contribution in [3.63, 3.8) is 0 Å². The van der Waals surface area contributed by atoms with Crippen LogP contribution < -0.4 is 0 Å². The molecule has 2 heterocycles. The van der Waals surface area contributed by atoms with Crippen LogP contribution in [0.5, 0.6) is 0 Å². The zero-order valence-electron chi connectivity index (χ0n) is 17.0. The largest absolute Gasteiger partial charge is 0.507 e. The standard InChI is InChI=1S/C23H20N4O5/c28-21(16-6-2-1-3-7-16)19-20(17-8-4-9-18(14-17)27(31)32)26(23(30)22(19)29)12-5-11-25-13-10-24-15-25/h1-4,6-10,13-15,20,28H,5,11-12H2/t20-/m1/s1. The molecule has 0 unspecified atom stereocenters. The summed E-state index contributed by atoms with van der Waals surface area (Å²) >= 11 is 0. The van der Waals surface area contributed by atoms with Gasteiger partial charge in [0, 0.05) is 43.2 Å². The van der Waals surface area contributed by atoms with Crippen LogP contribution in [0.15, 0.2) is 78.9 Å². The van der Waals surface area contributed by atoms with Crippen molar-refractivity contribution in [1.29, 1.82) is 0 Å². The number of ketones is 1. The molecule has 32 heavy (non-hydrogen) atoms. The molecule has 9 nitrogen and oxygen atoms in total. The number of benzene rings is 2. The van der Waals surface area contributed by atoms with Gasteiger partial charge in [-0.05, 0) is 12.0 Å². The van der Waals surface area contributed by atoms with Gasteiger partial charge >= 0.3 is 0 Å². The van der Waals surface area contributed by atoms with E-state index in [0.29, 0.717) is 24.1 Å². The fraction of sp³-hybridized carbons (Fsp3) is 0.174. The topological polar surface area (TPSA) is 119 Å². The van der Waals surface area contributed by atoms with Crippen molar-refractivity contribution in [3.05, 3.63) is 100 Å². The van der Waals surface area contributed by atoms with Crippen molar-refractivity contribution in [2.45, 2.75) is 19.0 Å². The molecule has 1 atom stereocenters. The molecule has 9 heteroatoms. The fourth-order valence-electron chi connectivity index (χ4n) is 3.86. The third kappa shape index (κ3) is 4.00. The van der Waals surface area contributed by atoms with Gasteiger partial charge in [-0.15, -0.1) is 0 Å². The predicted molar refractivity (Wildman–Crippen MR) is 115 cm³/mol. The van der Waals surface area contributed by atoms with Crippen LogP contribution >= 0.6 is 0 Å². The molecule has 162 valence electrons. The number of nitro benzene ring substituents is 1. The Morgan fingerprint density at radius 2 is 1.88 bits per heavy atom. The molecule has 0 aliphatic carbocycles. The van der Waals surface area contributed by atoms with Gasteiger partial charge in [-0.2, -0.15) is 0 Å². The number of hydrogen-bond donors (Lipinski definition) is 1. The number of carbonyl (C=O) groups excluding carboxylic acids is 2. The summed E-state index contributed by atoms with van der Waals surface area (Å²) in [5.74, 6) is -1.87. The zero-order valence-corrected chi connectivity index (χ0v) is 17.0. The van der Waals surface area contributed by atoms with Crippen LogP contribution in [-0.2, 0) is 16.1 Å². The van der Waals surface area contributed by atoms with E-state index in [1.807, 2.05) is 4.57 Å². The lowest BCUT2D eigenvalue weighted by molar-refractivity contribution is -0.384. The second-order valence-corrected chi connectivity index (χ2v) is 7.36. The van der Waals surface area contributed by atoms with Crippen LogP contribution in [0.3, 0.4) is 0 Å². The molecule has 3 aromatic rings. The number of aryl methyl sites for hydroxylation is 1. The molecular formula is C23H20N4O5. The van der Waals surface area contributed by atoms with Crippen LogP contribution in [0.25, 0.3) is 5.76 Å². The Balaban J connectivity index is 1.76. The maximum absolute atomic E-state index is 13.0. The Hall–Kier alpha value is -4.27. The van der Waals surface area contributed by atoms with E-state index in [-0.39, 0.29) is 23.6 Å². The van der Waals surface area contributed by atoms with E-state index in [4.69, 9.17) is 0 Å². The minimum absolute atomic E-state index is 0.0793. The second-order valence-electron chi connectivity index (χ2n) is 7.36. The number of aromatic nitrogens is 2. The highest BCUT2D eigenvalue weighted by atomic mass is 16.6. The summed E-state index contributed by atoms with van der Waals surface area (Å²) in [6.45, 7) is 0.797. The normalized spacial score (nSPS) is 17.6. The molecule has 1 aliphatic rings. The molecule has 0 saturated carbocycles. The third-order valence-corrected chi connectivity index (χ3v) is 5.36. The molecule has 1 fully saturated rings. The van der Waals surface area contributed by atoms with Crippen molar-refractivity contribution in [2.75, 3.05) is 6.54 Å². The quantitative estimate of drug-likeness (QED) is 0.201. The molecule has 1 aromatic heterocycles. The van der Waals surface area contributed by atoms with E-state index in [9.17, 15) is 24.8 Å². The molecule has 1 N–H and O–H groups in total. The predicted octanol–water partition coefficient (Wildman–Crippen LogP) is 3.30. The van der Waals surface area contributed by atoms with E-state index in [2.05, 4.69) is 4.98 Å². The summed E-state index contributed by atoms with van der Waals surface area (Å²) in [4.78, 5) is 42.0. The molecule has 1 saturated heterocycles. The summed E-state index contributed by atoms with van der Waals surface area (Å²) in [7, 11) is 0. The number of aliphatic hydroxyl groups excluding tert-OH is 1. The van der Waals surface area contributed by atoms with Crippen molar-refractivity contribution in [3.8, 4) is 0 Å². The second kappa shape index (κ2) is 8.84. The SMILES string of the molecule is O=C1C(=O)N(CCCn2ccnc2)[C@H](c2cccc([N+](=O)[O-])c2)C1=C(O)c1ccccc1. The summed E-state index contributed by atoms with van der Waals surface area (Å²) < 4.78 is 1.85. The monoisotopic (exact) mass is 432 g/mol. The van der Waals surface area contributed by atoms with Gasteiger partial charge < -0.3 is 14.6 Å². The maximum Gasteiger partial charge on any atom is 0.295 e. The molecule has 1 amide bonds. The van der Waals surface area contributed by atoms with E-state index >= 15 is 0 Å². The Morgan fingerprint density at radius 3 is 2.56 bits per heavy atom. The Kier molecular flexibility index (Phi) is 5.80. The lowest BCUT2D eigenvalue weighted by Crippen LogP contribution is -2.31. The van der Waals surface area contributed by atoms with Crippen molar-refractivity contribution >= 4 is 23.1 Å². The Bertz CT molecular complexity index is 1190. The van der Waals surface area contributed by atoms with E-state index in [1.165, 1.54) is 23.1 Å². The third-order valence-electron chi connectivity index (χ3n) is 5.36. The number of nitro groups is 1. The van der Waals surface area contributed by atoms with Gasteiger partial charge in [0.05, 0.1) is 22.9 Å². The fourth-order valence-corrected chi connectivity index (χ4v) is 3.86. The van der Waals surface area contributed by atoms with E-state index in [1.54, 1.807) is 55.1 Å². The number of likely N-dealkylation sites (tertiary alicyclic amines) is 1. The highest BCUT2D eigenvalue weighted by molar-refractivity contribution is 6.46. The molecule has 1 aliphatic heterocycles. The summed E-state index contributed by atoms with van der Waals surface area (Å²) in [6, 6.07) is 13.3. The van der Waals surface area contributed by atoms with Gasteiger partial charge in [-0.3, -0.25) is 19.7 Å². The Labute approximate surface area is 183 Å². The average molecular weight is 432 g/mol. The maximum atomic E-state index is 13.0. The van der Waals surface area contributed by atoms with Crippen LogP contribution in [0.4, 0.5) is 5.69 Å². The number of aliphatic hydroxyl groups is 1. The molecular weight excluding hydrogens is 412 g/mol. The lowest BCUT2D eigenvalue weighted by atomic mass is 9.95. The first-order valence-electron chi connectivity index (χ1n) is 10.0. The number of hydrogen-bond acceptors (Lipinski definition) is 6. The number of non-ortho nitro benzene ring substituents is 1. The number of imidazole rings is 1. The summed E-state index contributed by atoms with van der Waals surface area (Å²) in [5.41, 5.74) is 0.536. The molecule has 0 spiro atoms. The summed E-state index contributed by atoms with van der Waals surface area (Å²) in [5, 5.41) is 22.3. The number of carbonyl (C=O) groups is 2. The highest BCUT2D eigenvalue weighted by Gasteiger charge is 2.46. The van der Waals surface area contributed by atoms with Crippen LogP contribution in [0.2, 0.25) is 0 Å². The number of Topliss-reactive ketones (excluding diaryl/α,β-unsaturated/α-hetero) is 1. The van der Waals surface area contributed by atoms with E-state index < -0.39 is 22.7 Å². The van der Waals surface area contributed by atoms with Gasteiger partial charge in [0.15, 0.2) is 0 Å². The van der Waals surface area contributed by atoms with Crippen LogP contribution in [0, 0.1) is 10.1 Å². The number of amides is 1. The average Bonchev–Trinajstić information content (AvgIpc) is 3.41. The minimum atomic E-state index is -0.933. The Morgan fingerprint density at radius 1 is 1.09 bits per heavy atom. The molecule has 0 radical (unpaired) electrons. The van der Waals surface area contributed by atoms with Gasteiger partial charge in [-0.25, -0.2) is 4.98 Å². The highest BCUT2D eigenvalue weighted by Crippen LogP contribution is 2.40. The molecule has 2 aromatic carbocycles. The molecule has 4 rings (SSSR count). The van der Waals surface area contributed by atoms with Crippen LogP contribution in [0.1, 0.15) is 23.6 Å². The van der Waals surface area contributed by atoms with E-state index in [0.717, 1.165) is 0 Å². The number of nitrogens with zero attached hydrogens (tertiary/aromatic N) is 4. The smallest absolute Gasteiger partial charge is 0.295 e. The first kappa shape index (κ1) is 21.0. The first-order valence-corrected chi connectivity index (χ1v) is 10.0.